The molecule has 0 radical (unpaired) electrons. The Morgan fingerprint density at radius 1 is 0.792 bits per heavy atom. The molecular formula is C21H42O2S. The van der Waals surface area contributed by atoms with E-state index in [1.54, 1.807) is 0 Å². The summed E-state index contributed by atoms with van der Waals surface area (Å²) in [7, 11) is 1.47. The van der Waals surface area contributed by atoms with Gasteiger partial charge in [-0.05, 0) is 25.0 Å². The summed E-state index contributed by atoms with van der Waals surface area (Å²) in [5, 5.41) is 0.889. The normalized spacial score (nSPS) is 12.3. The van der Waals surface area contributed by atoms with Crippen molar-refractivity contribution < 1.29 is 9.53 Å². The summed E-state index contributed by atoms with van der Waals surface area (Å²) >= 11 is 2.17. The Hall–Kier alpha value is -0.180. The predicted molar refractivity (Wildman–Crippen MR) is 109 cm³/mol. The van der Waals surface area contributed by atoms with Crippen LogP contribution in [0.3, 0.4) is 0 Å². The van der Waals surface area contributed by atoms with Crippen LogP contribution in [-0.4, -0.2) is 24.1 Å². The van der Waals surface area contributed by atoms with Crippen LogP contribution >= 0.6 is 11.8 Å². The molecule has 0 aromatic carbocycles. The lowest BCUT2D eigenvalue weighted by atomic mass is 10.0. The Bertz CT molecular complexity index is 269. The van der Waals surface area contributed by atoms with E-state index in [0.717, 1.165) is 11.7 Å². The average Bonchev–Trinajstić information content (AvgIpc) is 2.59. The third-order valence-corrected chi connectivity index (χ3v) is 5.94. The Morgan fingerprint density at radius 2 is 1.29 bits per heavy atom. The van der Waals surface area contributed by atoms with E-state index in [-0.39, 0.29) is 5.97 Å². The number of thioether (sulfide) groups is 1. The smallest absolute Gasteiger partial charge is 0.305 e. The van der Waals surface area contributed by atoms with Crippen molar-refractivity contribution in [2.45, 2.75) is 115 Å². The molecule has 0 heterocycles. The maximum absolute atomic E-state index is 11.0. The molecule has 0 N–H and O–H groups in total. The minimum Gasteiger partial charge on any atom is -0.469 e. The summed E-state index contributed by atoms with van der Waals surface area (Å²) in [6.45, 7) is 4.58. The van der Waals surface area contributed by atoms with E-state index in [2.05, 4.69) is 30.3 Å². The summed E-state index contributed by atoms with van der Waals surface area (Å²) in [4.78, 5) is 11.0. The molecule has 1 unspecified atom stereocenters. The number of hydrogen-bond donors (Lipinski definition) is 0. The van der Waals surface area contributed by atoms with Gasteiger partial charge in [-0.2, -0.15) is 11.8 Å². The van der Waals surface area contributed by atoms with Crippen LogP contribution in [0.15, 0.2) is 0 Å². The summed E-state index contributed by atoms with van der Waals surface area (Å²) in [6, 6.07) is 0. The van der Waals surface area contributed by atoms with Gasteiger partial charge in [0.2, 0.25) is 0 Å². The molecule has 2 nitrogen and oxygen atoms in total. The van der Waals surface area contributed by atoms with Crippen molar-refractivity contribution in [3.05, 3.63) is 0 Å². The zero-order valence-electron chi connectivity index (χ0n) is 16.6. The van der Waals surface area contributed by atoms with Crippen molar-refractivity contribution in [1.29, 1.82) is 0 Å². The molecule has 0 aromatic heterocycles. The number of ether oxygens (including phenoxy) is 1. The van der Waals surface area contributed by atoms with Crippen molar-refractivity contribution in [2.75, 3.05) is 12.9 Å². The van der Waals surface area contributed by atoms with Crippen LogP contribution in [0.25, 0.3) is 0 Å². The van der Waals surface area contributed by atoms with Gasteiger partial charge in [0.15, 0.2) is 0 Å². The lowest BCUT2D eigenvalue weighted by Gasteiger charge is -2.15. The van der Waals surface area contributed by atoms with Crippen LogP contribution < -0.4 is 0 Å². The van der Waals surface area contributed by atoms with Crippen LogP contribution in [0.5, 0.6) is 0 Å². The molecule has 0 saturated carbocycles. The Balaban J connectivity index is 3.48. The maximum atomic E-state index is 11.0. The molecule has 0 aromatic rings. The van der Waals surface area contributed by atoms with Crippen LogP contribution in [0.4, 0.5) is 0 Å². The van der Waals surface area contributed by atoms with Crippen molar-refractivity contribution in [3.8, 4) is 0 Å². The highest BCUT2D eigenvalue weighted by Gasteiger charge is 2.08. The van der Waals surface area contributed by atoms with E-state index in [4.69, 9.17) is 0 Å². The number of unbranched alkanes of at least 4 members (excludes halogenated alkanes) is 10. The fourth-order valence-electron chi connectivity index (χ4n) is 3.15. The highest BCUT2D eigenvalue weighted by molar-refractivity contribution is 7.99. The van der Waals surface area contributed by atoms with Crippen LogP contribution in [-0.2, 0) is 9.53 Å². The molecule has 0 fully saturated rings. The van der Waals surface area contributed by atoms with Gasteiger partial charge in [-0.1, -0.05) is 84.5 Å². The second-order valence-corrected chi connectivity index (χ2v) is 8.45. The second kappa shape index (κ2) is 19.1. The standard InChI is InChI=1S/C21H42O2S/c1-4-6-7-8-11-14-17-20(24-5-2)18-15-12-9-10-13-16-19-21(22)23-3/h20H,4-19H2,1-3H3. The van der Waals surface area contributed by atoms with Crippen molar-refractivity contribution in [2.24, 2.45) is 0 Å². The SMILES string of the molecule is CCCCCCCCC(CCCCCCCCC(=O)OC)SCC. The van der Waals surface area contributed by atoms with Gasteiger partial charge < -0.3 is 4.74 Å². The van der Waals surface area contributed by atoms with Crippen molar-refractivity contribution in [1.82, 2.24) is 0 Å². The summed E-state index contributed by atoms with van der Waals surface area (Å²) in [5.41, 5.74) is 0. The molecule has 0 rings (SSSR count). The lowest BCUT2D eigenvalue weighted by Crippen LogP contribution is -2.03. The number of carbonyl (C=O) groups excluding carboxylic acids is 1. The molecular weight excluding hydrogens is 316 g/mol. The van der Waals surface area contributed by atoms with Gasteiger partial charge in [0.25, 0.3) is 0 Å². The van der Waals surface area contributed by atoms with Gasteiger partial charge in [-0.25, -0.2) is 0 Å². The molecule has 144 valence electrons. The van der Waals surface area contributed by atoms with Crippen molar-refractivity contribution in [3.63, 3.8) is 0 Å². The number of carbonyl (C=O) groups is 1. The van der Waals surface area contributed by atoms with Crippen LogP contribution in [0.2, 0.25) is 0 Å². The van der Waals surface area contributed by atoms with E-state index in [1.165, 1.54) is 96.3 Å². The monoisotopic (exact) mass is 358 g/mol. The molecule has 0 amide bonds. The second-order valence-electron chi connectivity index (χ2n) is 6.87. The average molecular weight is 359 g/mol. The first-order chi connectivity index (χ1) is 11.7. The van der Waals surface area contributed by atoms with E-state index >= 15 is 0 Å². The van der Waals surface area contributed by atoms with Crippen molar-refractivity contribution >= 4 is 17.7 Å². The summed E-state index contributed by atoms with van der Waals surface area (Å²) in [5.74, 6) is 1.19. The maximum Gasteiger partial charge on any atom is 0.305 e. The highest BCUT2D eigenvalue weighted by atomic mass is 32.2. The van der Waals surface area contributed by atoms with E-state index in [1.807, 2.05) is 0 Å². The predicted octanol–water partition coefficient (Wildman–Crippen LogP) is 7.15. The zero-order valence-corrected chi connectivity index (χ0v) is 17.4. The lowest BCUT2D eigenvalue weighted by molar-refractivity contribution is -0.140. The summed E-state index contributed by atoms with van der Waals surface area (Å²) in [6.07, 6.45) is 19.4. The quantitative estimate of drug-likeness (QED) is 0.192. The topological polar surface area (TPSA) is 26.3 Å². The molecule has 0 aliphatic heterocycles. The first kappa shape index (κ1) is 23.8. The molecule has 0 aliphatic rings. The third-order valence-electron chi connectivity index (χ3n) is 4.67. The van der Waals surface area contributed by atoms with Crippen LogP contribution in [0, 0.1) is 0 Å². The van der Waals surface area contributed by atoms with Gasteiger partial charge in [0.1, 0.15) is 0 Å². The minimum atomic E-state index is -0.0656. The molecule has 24 heavy (non-hydrogen) atoms. The minimum absolute atomic E-state index is 0.0656. The number of esters is 1. The van der Waals surface area contributed by atoms with E-state index in [0.29, 0.717) is 6.42 Å². The first-order valence-corrected chi connectivity index (χ1v) is 11.5. The van der Waals surface area contributed by atoms with Gasteiger partial charge in [-0.3, -0.25) is 4.79 Å². The molecule has 0 bridgehead atoms. The van der Waals surface area contributed by atoms with Gasteiger partial charge in [-0.15, -0.1) is 0 Å². The summed E-state index contributed by atoms with van der Waals surface area (Å²) < 4.78 is 4.66. The molecule has 3 heteroatoms. The van der Waals surface area contributed by atoms with Gasteiger partial charge in [0, 0.05) is 11.7 Å². The zero-order chi connectivity index (χ0) is 17.9. The fourth-order valence-corrected chi connectivity index (χ4v) is 4.29. The van der Waals surface area contributed by atoms with E-state index in [9.17, 15) is 4.79 Å². The number of methoxy groups -OCH3 is 1. The number of hydrogen-bond acceptors (Lipinski definition) is 3. The Kier molecular flexibility index (Phi) is 19.0. The van der Waals surface area contributed by atoms with Gasteiger partial charge in [0.05, 0.1) is 7.11 Å². The third kappa shape index (κ3) is 16.7. The highest BCUT2D eigenvalue weighted by Crippen LogP contribution is 2.24. The molecule has 0 spiro atoms. The fraction of sp³-hybridized carbons (Fsp3) is 0.952. The molecule has 0 saturated heterocycles. The largest absolute Gasteiger partial charge is 0.469 e. The van der Waals surface area contributed by atoms with E-state index < -0.39 is 0 Å². The molecule has 0 aliphatic carbocycles. The first-order valence-electron chi connectivity index (χ1n) is 10.4. The van der Waals surface area contributed by atoms with Gasteiger partial charge >= 0.3 is 5.97 Å². The Morgan fingerprint density at radius 3 is 1.79 bits per heavy atom. The number of rotatable bonds is 18. The van der Waals surface area contributed by atoms with Crippen LogP contribution in [0.1, 0.15) is 110 Å². The Labute approximate surface area is 155 Å². The molecule has 1 atom stereocenters.